The van der Waals surface area contributed by atoms with E-state index in [9.17, 15) is 9.90 Å². The summed E-state index contributed by atoms with van der Waals surface area (Å²) in [5.74, 6) is 0.377. The number of hydrogen-bond acceptors (Lipinski definition) is 6. The van der Waals surface area contributed by atoms with Crippen LogP contribution >= 0.6 is 11.6 Å². The lowest BCUT2D eigenvalue weighted by atomic mass is 9.93. The van der Waals surface area contributed by atoms with Crippen LogP contribution in [-0.2, 0) is 0 Å². The van der Waals surface area contributed by atoms with Crippen molar-refractivity contribution in [3.05, 3.63) is 16.7 Å². The topological polar surface area (TPSA) is 97.1 Å². The summed E-state index contributed by atoms with van der Waals surface area (Å²) in [4.78, 5) is 15.0. The molecule has 1 aromatic carbocycles. The van der Waals surface area contributed by atoms with Crippen LogP contribution < -0.4 is 20.5 Å². The van der Waals surface area contributed by atoms with Gasteiger partial charge in [0.2, 0.25) is 0 Å². The number of hydrogen-bond donors (Lipinski definition) is 3. The average molecular weight is 398 g/mol. The fourth-order valence-corrected chi connectivity index (χ4v) is 3.75. The summed E-state index contributed by atoms with van der Waals surface area (Å²) in [6, 6.07) is 1.50. The van der Waals surface area contributed by atoms with Crippen molar-refractivity contribution in [1.29, 1.82) is 0 Å². The van der Waals surface area contributed by atoms with Gasteiger partial charge in [0.1, 0.15) is 13.2 Å². The number of ether oxygens (including phenoxy) is 2. The molecule has 2 heterocycles. The van der Waals surface area contributed by atoms with Crippen molar-refractivity contribution in [2.24, 2.45) is 5.92 Å². The van der Waals surface area contributed by atoms with Gasteiger partial charge < -0.3 is 30.5 Å². The second kappa shape index (κ2) is 8.99. The van der Waals surface area contributed by atoms with Gasteiger partial charge in [-0.3, -0.25) is 4.79 Å². The molecule has 0 radical (unpaired) electrons. The smallest absolute Gasteiger partial charge is 0.255 e. The maximum atomic E-state index is 12.7. The molecule has 2 atom stereocenters. The van der Waals surface area contributed by atoms with E-state index in [1.165, 1.54) is 6.07 Å². The van der Waals surface area contributed by atoms with E-state index >= 15 is 0 Å². The Labute approximate surface area is 164 Å². The van der Waals surface area contributed by atoms with Crippen LogP contribution in [0.4, 0.5) is 5.69 Å². The van der Waals surface area contributed by atoms with Gasteiger partial charge in [-0.15, -0.1) is 0 Å². The van der Waals surface area contributed by atoms with Gasteiger partial charge in [0.25, 0.3) is 5.91 Å². The fraction of sp³-hybridized carbons (Fsp3) is 0.632. The summed E-state index contributed by atoms with van der Waals surface area (Å²) >= 11 is 6.14. The standard InChI is InChI=1S/C19H28ClN3O4/c1-2-3-5-23-6-4-12(15(24)11-23)10-22-19(25)13-9-14(20)16(21)18-17(13)26-7-8-27-18/h9,12,15,24H,2-8,10-11,21H2,1H3,(H,22,25)/t12-,15+/m1/s1. The minimum atomic E-state index is -0.445. The Morgan fingerprint density at radius 3 is 2.85 bits per heavy atom. The van der Waals surface area contributed by atoms with E-state index in [0.29, 0.717) is 43.4 Å². The van der Waals surface area contributed by atoms with Crippen LogP contribution in [-0.4, -0.2) is 61.4 Å². The van der Waals surface area contributed by atoms with Crippen molar-refractivity contribution in [1.82, 2.24) is 10.2 Å². The number of piperidine rings is 1. The molecule has 0 aliphatic carbocycles. The predicted molar refractivity (Wildman–Crippen MR) is 105 cm³/mol. The van der Waals surface area contributed by atoms with Gasteiger partial charge in [-0.2, -0.15) is 0 Å². The summed E-state index contributed by atoms with van der Waals surface area (Å²) in [7, 11) is 0. The Hall–Kier alpha value is -1.70. The first-order chi connectivity index (χ1) is 13.0. The number of benzene rings is 1. The van der Waals surface area contributed by atoms with Crippen LogP contribution in [0.2, 0.25) is 5.02 Å². The van der Waals surface area contributed by atoms with E-state index in [4.69, 9.17) is 26.8 Å². The minimum absolute atomic E-state index is 0.0316. The van der Waals surface area contributed by atoms with E-state index in [2.05, 4.69) is 17.1 Å². The molecule has 1 amide bonds. The molecule has 150 valence electrons. The highest BCUT2D eigenvalue weighted by atomic mass is 35.5. The molecule has 0 bridgehead atoms. The molecular formula is C19H28ClN3O4. The second-order valence-electron chi connectivity index (χ2n) is 7.16. The molecule has 27 heavy (non-hydrogen) atoms. The SMILES string of the molecule is CCCCN1CC[C@H](CNC(=O)c2cc(Cl)c(N)c3c2OCCO3)[C@@H](O)C1. The van der Waals surface area contributed by atoms with Gasteiger partial charge in [-0.1, -0.05) is 24.9 Å². The van der Waals surface area contributed by atoms with Crippen molar-refractivity contribution < 1.29 is 19.4 Å². The summed E-state index contributed by atoms with van der Waals surface area (Å²) in [6.45, 7) is 5.89. The number of halogens is 1. The number of aliphatic hydroxyl groups excluding tert-OH is 1. The number of anilines is 1. The summed E-state index contributed by atoms with van der Waals surface area (Å²) in [5.41, 5.74) is 6.50. The Balaban J connectivity index is 1.61. The number of aliphatic hydroxyl groups is 1. The molecule has 1 saturated heterocycles. The molecule has 4 N–H and O–H groups in total. The summed E-state index contributed by atoms with van der Waals surface area (Å²) < 4.78 is 11.1. The normalized spacial score (nSPS) is 22.5. The van der Waals surface area contributed by atoms with E-state index in [-0.39, 0.29) is 22.5 Å². The highest BCUT2D eigenvalue weighted by molar-refractivity contribution is 6.34. The van der Waals surface area contributed by atoms with Crippen LogP contribution in [0, 0.1) is 5.92 Å². The highest BCUT2D eigenvalue weighted by Gasteiger charge is 2.29. The van der Waals surface area contributed by atoms with Crippen LogP contribution in [0.25, 0.3) is 0 Å². The van der Waals surface area contributed by atoms with E-state index < -0.39 is 6.10 Å². The molecule has 7 nitrogen and oxygen atoms in total. The molecule has 8 heteroatoms. The van der Waals surface area contributed by atoms with Gasteiger partial charge in [0.05, 0.1) is 22.4 Å². The van der Waals surface area contributed by atoms with Crippen LogP contribution in [0.3, 0.4) is 0 Å². The molecule has 1 aromatic rings. The largest absolute Gasteiger partial charge is 0.485 e. The van der Waals surface area contributed by atoms with Crippen molar-refractivity contribution in [2.45, 2.75) is 32.3 Å². The molecule has 2 aliphatic heterocycles. The third-order valence-corrected chi connectivity index (χ3v) is 5.52. The number of rotatable bonds is 6. The number of unbranched alkanes of at least 4 members (excludes halogenated alkanes) is 1. The van der Waals surface area contributed by atoms with Gasteiger partial charge in [-0.05, 0) is 32.0 Å². The van der Waals surface area contributed by atoms with Crippen molar-refractivity contribution >= 4 is 23.2 Å². The molecule has 0 aromatic heterocycles. The van der Waals surface area contributed by atoms with Crippen molar-refractivity contribution in [3.63, 3.8) is 0 Å². The number of nitrogens with two attached hydrogens (primary N) is 1. The first kappa shape index (κ1) is 20.0. The average Bonchev–Trinajstić information content (AvgIpc) is 2.68. The van der Waals surface area contributed by atoms with Gasteiger partial charge in [0, 0.05) is 19.0 Å². The zero-order chi connectivity index (χ0) is 19.4. The fourth-order valence-electron chi connectivity index (χ4n) is 3.55. The number of carbonyl (C=O) groups excluding carboxylic acids is 1. The van der Waals surface area contributed by atoms with E-state index in [0.717, 1.165) is 32.4 Å². The third-order valence-electron chi connectivity index (χ3n) is 5.20. The number of nitrogen functional groups attached to an aromatic ring is 1. The van der Waals surface area contributed by atoms with Crippen LogP contribution in [0.15, 0.2) is 6.07 Å². The number of carbonyl (C=O) groups is 1. The van der Waals surface area contributed by atoms with E-state index in [1.54, 1.807) is 0 Å². The zero-order valence-corrected chi connectivity index (χ0v) is 16.4. The maximum Gasteiger partial charge on any atom is 0.255 e. The molecule has 3 rings (SSSR count). The Kier molecular flexibility index (Phi) is 6.68. The second-order valence-corrected chi connectivity index (χ2v) is 7.56. The lowest BCUT2D eigenvalue weighted by Crippen LogP contribution is -2.47. The van der Waals surface area contributed by atoms with Crippen molar-refractivity contribution in [3.8, 4) is 11.5 Å². The number of β-amino-alcohol motifs (C(OH)–C–C–N with tert-alkyl or cyclic N) is 1. The number of amides is 1. The van der Waals surface area contributed by atoms with Gasteiger partial charge >= 0.3 is 0 Å². The minimum Gasteiger partial charge on any atom is -0.485 e. The van der Waals surface area contributed by atoms with Crippen LogP contribution in [0.5, 0.6) is 11.5 Å². The third kappa shape index (κ3) is 4.59. The molecule has 0 spiro atoms. The highest BCUT2D eigenvalue weighted by Crippen LogP contribution is 2.43. The Morgan fingerprint density at radius 2 is 2.15 bits per heavy atom. The van der Waals surface area contributed by atoms with E-state index in [1.807, 2.05) is 0 Å². The van der Waals surface area contributed by atoms with Gasteiger partial charge in [0.15, 0.2) is 11.5 Å². The molecule has 2 aliphatic rings. The molecular weight excluding hydrogens is 370 g/mol. The number of nitrogens with zero attached hydrogens (tertiary/aromatic N) is 1. The maximum absolute atomic E-state index is 12.7. The number of fused-ring (bicyclic) bond motifs is 1. The quantitative estimate of drug-likeness (QED) is 0.634. The Bertz CT molecular complexity index is 685. The summed E-state index contributed by atoms with van der Waals surface area (Å²) in [6.07, 6.45) is 2.69. The predicted octanol–water partition coefficient (Wildman–Crippen LogP) is 1.91. The Morgan fingerprint density at radius 1 is 1.41 bits per heavy atom. The number of likely N-dealkylation sites (tertiary alicyclic amines) is 1. The first-order valence-electron chi connectivity index (χ1n) is 9.57. The van der Waals surface area contributed by atoms with Gasteiger partial charge in [-0.25, -0.2) is 0 Å². The monoisotopic (exact) mass is 397 g/mol. The molecule has 1 fully saturated rings. The molecule has 0 saturated carbocycles. The number of nitrogens with one attached hydrogen (secondary N) is 1. The lowest BCUT2D eigenvalue weighted by molar-refractivity contribution is 0.0217. The molecule has 0 unspecified atom stereocenters. The first-order valence-corrected chi connectivity index (χ1v) is 9.95. The lowest BCUT2D eigenvalue weighted by Gasteiger charge is -2.36. The van der Waals surface area contributed by atoms with Crippen molar-refractivity contribution in [2.75, 3.05) is 45.1 Å². The van der Waals surface area contributed by atoms with Crippen LogP contribution in [0.1, 0.15) is 36.5 Å². The summed E-state index contributed by atoms with van der Waals surface area (Å²) in [5, 5.41) is 13.6. The zero-order valence-electron chi connectivity index (χ0n) is 15.7.